The second kappa shape index (κ2) is 5.75. The Labute approximate surface area is 110 Å². The zero-order valence-electron chi connectivity index (χ0n) is 11.6. The van der Waals surface area contributed by atoms with E-state index in [1.54, 1.807) is 0 Å². The van der Waals surface area contributed by atoms with Crippen LogP contribution in [0.4, 0.5) is 5.69 Å². The van der Waals surface area contributed by atoms with Crippen LogP contribution in [0, 0.1) is 12.8 Å². The lowest BCUT2D eigenvalue weighted by molar-refractivity contribution is 0.115. The molecule has 1 aliphatic rings. The van der Waals surface area contributed by atoms with E-state index in [1.165, 1.54) is 24.8 Å². The van der Waals surface area contributed by atoms with E-state index in [0.29, 0.717) is 5.92 Å². The molecule has 0 aromatic heterocycles. The van der Waals surface area contributed by atoms with Crippen molar-refractivity contribution in [3.05, 3.63) is 29.8 Å². The van der Waals surface area contributed by atoms with Crippen LogP contribution >= 0.6 is 0 Å². The molecule has 0 saturated heterocycles. The van der Waals surface area contributed by atoms with Crippen molar-refractivity contribution in [2.75, 3.05) is 11.9 Å². The largest absolute Gasteiger partial charge is 0.394 e. The van der Waals surface area contributed by atoms with Crippen molar-refractivity contribution in [2.45, 2.75) is 51.5 Å². The smallest absolute Gasteiger partial charge is 0.0664 e. The Bertz CT molecular complexity index is 390. The van der Waals surface area contributed by atoms with Crippen molar-refractivity contribution in [3.63, 3.8) is 0 Å². The van der Waals surface area contributed by atoms with Crippen LogP contribution in [0.15, 0.2) is 24.3 Å². The van der Waals surface area contributed by atoms with Gasteiger partial charge in [0.25, 0.3) is 0 Å². The van der Waals surface area contributed by atoms with Gasteiger partial charge in [-0.2, -0.15) is 0 Å². The lowest BCUT2D eigenvalue weighted by Gasteiger charge is -2.44. The van der Waals surface area contributed by atoms with Gasteiger partial charge in [-0.15, -0.1) is 0 Å². The van der Waals surface area contributed by atoms with Crippen LogP contribution in [0.25, 0.3) is 0 Å². The molecule has 18 heavy (non-hydrogen) atoms. The van der Waals surface area contributed by atoms with Crippen molar-refractivity contribution in [1.82, 2.24) is 0 Å². The van der Waals surface area contributed by atoms with E-state index < -0.39 is 0 Å². The summed E-state index contributed by atoms with van der Waals surface area (Å²) in [6.07, 6.45) is 5.97. The molecule has 0 bridgehead atoms. The summed E-state index contributed by atoms with van der Waals surface area (Å²) in [4.78, 5) is 0. The number of hydrogen-bond acceptors (Lipinski definition) is 2. The highest BCUT2D eigenvalue weighted by Gasteiger charge is 2.39. The zero-order chi connectivity index (χ0) is 13.0. The molecule has 0 radical (unpaired) electrons. The number of anilines is 1. The first kappa shape index (κ1) is 13.4. The van der Waals surface area contributed by atoms with Crippen LogP contribution in [-0.2, 0) is 0 Å². The molecule has 2 heteroatoms. The van der Waals surface area contributed by atoms with Gasteiger partial charge in [-0.25, -0.2) is 0 Å². The number of nitrogens with one attached hydrogen (secondary N) is 1. The van der Waals surface area contributed by atoms with E-state index in [-0.39, 0.29) is 12.1 Å². The first-order chi connectivity index (χ1) is 8.70. The van der Waals surface area contributed by atoms with Gasteiger partial charge in [-0.3, -0.25) is 0 Å². The van der Waals surface area contributed by atoms with Gasteiger partial charge in [0.05, 0.1) is 12.1 Å². The molecule has 2 unspecified atom stereocenters. The van der Waals surface area contributed by atoms with Crippen molar-refractivity contribution in [1.29, 1.82) is 0 Å². The maximum absolute atomic E-state index is 9.91. The SMILES string of the molecule is CCC1CCCCC1(CO)Nc1cccc(C)c1. The Morgan fingerprint density at radius 1 is 1.39 bits per heavy atom. The summed E-state index contributed by atoms with van der Waals surface area (Å²) in [7, 11) is 0. The van der Waals surface area contributed by atoms with Gasteiger partial charge in [-0.05, 0) is 43.4 Å². The Balaban J connectivity index is 2.21. The van der Waals surface area contributed by atoms with Crippen molar-refractivity contribution < 1.29 is 5.11 Å². The highest BCUT2D eigenvalue weighted by Crippen LogP contribution is 2.38. The van der Waals surface area contributed by atoms with Crippen LogP contribution in [0.1, 0.15) is 44.6 Å². The van der Waals surface area contributed by atoms with Gasteiger partial charge >= 0.3 is 0 Å². The van der Waals surface area contributed by atoms with Gasteiger partial charge < -0.3 is 10.4 Å². The number of benzene rings is 1. The molecule has 2 nitrogen and oxygen atoms in total. The van der Waals surface area contributed by atoms with E-state index in [1.807, 2.05) is 0 Å². The number of rotatable bonds is 4. The predicted molar refractivity (Wildman–Crippen MR) is 76.9 cm³/mol. The quantitative estimate of drug-likeness (QED) is 0.849. The van der Waals surface area contributed by atoms with Gasteiger partial charge in [-0.1, -0.05) is 38.3 Å². The second-order valence-electron chi connectivity index (χ2n) is 5.66. The fourth-order valence-corrected chi connectivity index (χ4v) is 3.33. The van der Waals surface area contributed by atoms with Crippen molar-refractivity contribution in [3.8, 4) is 0 Å². The van der Waals surface area contributed by atoms with Gasteiger partial charge in [0.1, 0.15) is 0 Å². The minimum absolute atomic E-state index is 0.110. The van der Waals surface area contributed by atoms with Gasteiger partial charge in [0.15, 0.2) is 0 Å². The maximum atomic E-state index is 9.91. The molecule has 2 atom stereocenters. The first-order valence-electron chi connectivity index (χ1n) is 7.16. The summed E-state index contributed by atoms with van der Waals surface area (Å²) in [5.41, 5.74) is 2.29. The molecule has 1 aromatic rings. The normalized spacial score (nSPS) is 28.1. The number of aliphatic hydroxyl groups is 1. The summed E-state index contributed by atoms with van der Waals surface area (Å²) < 4.78 is 0. The standard InChI is InChI=1S/C16H25NO/c1-3-14-8-4-5-10-16(14,12-18)17-15-9-6-7-13(2)11-15/h6-7,9,11,14,17-18H,3-5,8,10,12H2,1-2H3. The zero-order valence-corrected chi connectivity index (χ0v) is 11.6. The van der Waals surface area contributed by atoms with E-state index in [0.717, 1.165) is 18.5 Å². The summed E-state index contributed by atoms with van der Waals surface area (Å²) in [6.45, 7) is 4.58. The molecule has 0 amide bonds. The third-order valence-electron chi connectivity index (χ3n) is 4.39. The van der Waals surface area contributed by atoms with Gasteiger partial charge in [0, 0.05) is 5.69 Å². The van der Waals surface area contributed by atoms with Gasteiger partial charge in [0.2, 0.25) is 0 Å². The summed E-state index contributed by atoms with van der Waals surface area (Å²) in [5, 5.41) is 13.5. The van der Waals surface area contributed by atoms with Crippen LogP contribution in [0.5, 0.6) is 0 Å². The topological polar surface area (TPSA) is 32.3 Å². The Morgan fingerprint density at radius 3 is 2.89 bits per heavy atom. The molecule has 100 valence electrons. The van der Waals surface area contributed by atoms with Crippen LogP contribution < -0.4 is 5.32 Å². The summed E-state index contributed by atoms with van der Waals surface area (Å²) in [5.74, 6) is 0.580. The molecular weight excluding hydrogens is 222 g/mol. The summed E-state index contributed by atoms with van der Waals surface area (Å²) in [6, 6.07) is 8.45. The molecule has 1 saturated carbocycles. The fourth-order valence-electron chi connectivity index (χ4n) is 3.33. The highest BCUT2D eigenvalue weighted by molar-refractivity contribution is 5.48. The molecule has 0 heterocycles. The Morgan fingerprint density at radius 2 is 2.22 bits per heavy atom. The number of aryl methyl sites for hydroxylation is 1. The van der Waals surface area contributed by atoms with E-state index in [4.69, 9.17) is 0 Å². The van der Waals surface area contributed by atoms with Crippen LogP contribution in [0.2, 0.25) is 0 Å². The molecule has 1 aromatic carbocycles. The van der Waals surface area contributed by atoms with Crippen molar-refractivity contribution >= 4 is 5.69 Å². The lowest BCUT2D eigenvalue weighted by Crippen LogP contribution is -2.50. The van der Waals surface area contributed by atoms with E-state index in [9.17, 15) is 5.11 Å². The highest BCUT2D eigenvalue weighted by atomic mass is 16.3. The molecule has 1 fully saturated rings. The third kappa shape index (κ3) is 2.69. The number of aliphatic hydroxyl groups excluding tert-OH is 1. The first-order valence-corrected chi connectivity index (χ1v) is 7.16. The lowest BCUT2D eigenvalue weighted by atomic mass is 9.71. The molecule has 0 aliphatic heterocycles. The van der Waals surface area contributed by atoms with Crippen LogP contribution in [-0.4, -0.2) is 17.3 Å². The molecule has 2 rings (SSSR count). The Hall–Kier alpha value is -1.02. The summed E-state index contributed by atoms with van der Waals surface area (Å²) >= 11 is 0. The average Bonchev–Trinajstić information content (AvgIpc) is 2.39. The minimum Gasteiger partial charge on any atom is -0.394 e. The fraction of sp³-hybridized carbons (Fsp3) is 0.625. The Kier molecular flexibility index (Phi) is 4.28. The molecule has 1 aliphatic carbocycles. The third-order valence-corrected chi connectivity index (χ3v) is 4.39. The van der Waals surface area contributed by atoms with Crippen LogP contribution in [0.3, 0.4) is 0 Å². The average molecular weight is 247 g/mol. The van der Waals surface area contributed by atoms with E-state index in [2.05, 4.69) is 43.4 Å². The second-order valence-corrected chi connectivity index (χ2v) is 5.66. The molecule has 0 spiro atoms. The number of hydrogen-bond donors (Lipinski definition) is 2. The monoisotopic (exact) mass is 247 g/mol. The predicted octanol–water partition coefficient (Wildman–Crippen LogP) is 3.74. The molecule has 2 N–H and O–H groups in total. The molecular formula is C16H25NO. The minimum atomic E-state index is -0.110. The van der Waals surface area contributed by atoms with Crippen molar-refractivity contribution in [2.24, 2.45) is 5.92 Å². The van der Waals surface area contributed by atoms with E-state index >= 15 is 0 Å². The maximum Gasteiger partial charge on any atom is 0.0664 e.